The van der Waals surface area contributed by atoms with Gasteiger partial charge in [-0.25, -0.2) is 0 Å². The third-order valence-corrected chi connectivity index (χ3v) is 4.64. The molecular weight excluding hydrogens is 244 g/mol. The number of rotatable bonds is 3. The van der Waals surface area contributed by atoms with Crippen LogP contribution in [0, 0.1) is 0 Å². The molecule has 0 aliphatic carbocycles. The van der Waals surface area contributed by atoms with Gasteiger partial charge in [0.15, 0.2) is 4.34 Å². The maximum absolute atomic E-state index is 11.7. The third-order valence-electron chi connectivity index (χ3n) is 2.35. The van der Waals surface area contributed by atoms with Crippen molar-refractivity contribution in [2.75, 3.05) is 18.9 Å². The summed E-state index contributed by atoms with van der Waals surface area (Å²) in [5.74, 6) is 0.128. The number of carbonyl (C=O) groups is 1. The predicted octanol–water partition coefficient (Wildman–Crippen LogP) is 1.34. The third kappa shape index (κ3) is 2.85. The van der Waals surface area contributed by atoms with Gasteiger partial charge in [-0.2, -0.15) is 0 Å². The number of hydrogen-bond acceptors (Lipinski definition) is 6. The normalized spacial score (nSPS) is 21.3. The average Bonchev–Trinajstić information content (AvgIpc) is 2.65. The number of aromatic nitrogens is 2. The summed E-state index contributed by atoms with van der Waals surface area (Å²) in [6.45, 7) is 0.799. The Bertz CT molecular complexity index is 368. The Morgan fingerprint density at radius 3 is 3.12 bits per heavy atom. The highest BCUT2D eigenvalue weighted by atomic mass is 32.2. The van der Waals surface area contributed by atoms with E-state index in [0.29, 0.717) is 0 Å². The second-order valence-corrected chi connectivity index (χ2v) is 5.94. The van der Waals surface area contributed by atoms with Gasteiger partial charge in [0.05, 0.1) is 5.25 Å². The predicted molar refractivity (Wildman–Crippen MR) is 66.0 cm³/mol. The monoisotopic (exact) mass is 258 g/mol. The van der Waals surface area contributed by atoms with Gasteiger partial charge in [-0.15, -0.1) is 10.2 Å². The molecule has 2 N–H and O–H groups in total. The summed E-state index contributed by atoms with van der Waals surface area (Å²) in [6, 6.07) is 0. The van der Waals surface area contributed by atoms with Crippen LogP contribution in [-0.4, -0.2) is 34.9 Å². The van der Waals surface area contributed by atoms with E-state index in [1.165, 1.54) is 23.1 Å². The van der Waals surface area contributed by atoms with E-state index in [1.54, 1.807) is 0 Å². The molecule has 1 aromatic heterocycles. The number of hydrogen-bond donors (Lipinski definition) is 2. The minimum Gasteiger partial charge on any atom is -0.363 e. The highest BCUT2D eigenvalue weighted by Gasteiger charge is 2.23. The molecular formula is C9H14N4OS2. The minimum atomic E-state index is -0.0137. The van der Waals surface area contributed by atoms with Gasteiger partial charge in [0.1, 0.15) is 0 Å². The van der Waals surface area contributed by atoms with Crippen LogP contribution < -0.4 is 10.6 Å². The van der Waals surface area contributed by atoms with Crippen molar-refractivity contribution in [3.8, 4) is 0 Å². The lowest BCUT2D eigenvalue weighted by molar-refractivity contribution is -0.120. The van der Waals surface area contributed by atoms with Crippen LogP contribution in [0.5, 0.6) is 0 Å². The molecule has 0 spiro atoms. The lowest BCUT2D eigenvalue weighted by Crippen LogP contribution is -2.30. The van der Waals surface area contributed by atoms with Crippen LogP contribution in [0.4, 0.5) is 5.13 Å². The molecule has 0 aromatic carbocycles. The van der Waals surface area contributed by atoms with Crippen molar-refractivity contribution in [1.29, 1.82) is 0 Å². The van der Waals surface area contributed by atoms with Crippen LogP contribution in [-0.2, 0) is 4.79 Å². The zero-order chi connectivity index (χ0) is 11.4. The van der Waals surface area contributed by atoms with E-state index in [2.05, 4.69) is 20.8 Å². The van der Waals surface area contributed by atoms with E-state index >= 15 is 0 Å². The second-order valence-electron chi connectivity index (χ2n) is 3.52. The molecule has 0 radical (unpaired) electrons. The summed E-state index contributed by atoms with van der Waals surface area (Å²) in [6.07, 6.45) is 3.08. The number of thioether (sulfide) groups is 1. The first kappa shape index (κ1) is 11.7. The van der Waals surface area contributed by atoms with Gasteiger partial charge in [0.25, 0.3) is 0 Å². The van der Waals surface area contributed by atoms with E-state index in [-0.39, 0.29) is 11.2 Å². The van der Waals surface area contributed by atoms with Gasteiger partial charge in [-0.05, 0) is 12.8 Å². The maximum Gasteiger partial charge on any atom is 0.233 e. The Morgan fingerprint density at radius 2 is 2.38 bits per heavy atom. The molecule has 1 aliphatic heterocycles. The SMILES string of the molecule is CNc1nnc(S[C@@H]2CCCCNC2=O)s1. The van der Waals surface area contributed by atoms with Gasteiger partial charge in [0, 0.05) is 13.6 Å². The molecule has 1 aromatic rings. The van der Waals surface area contributed by atoms with Crippen molar-refractivity contribution in [3.05, 3.63) is 0 Å². The number of nitrogens with zero attached hydrogens (tertiary/aromatic N) is 2. The highest BCUT2D eigenvalue weighted by molar-refractivity contribution is 8.02. The molecule has 2 heterocycles. The first-order valence-electron chi connectivity index (χ1n) is 5.25. The number of amides is 1. The van der Waals surface area contributed by atoms with E-state index in [9.17, 15) is 4.79 Å². The van der Waals surface area contributed by atoms with Crippen molar-refractivity contribution in [1.82, 2.24) is 15.5 Å². The molecule has 0 unspecified atom stereocenters. The number of carbonyl (C=O) groups excluding carboxylic acids is 1. The van der Waals surface area contributed by atoms with Gasteiger partial charge in [-0.3, -0.25) is 4.79 Å². The largest absolute Gasteiger partial charge is 0.363 e. The number of nitrogens with one attached hydrogen (secondary N) is 2. The van der Waals surface area contributed by atoms with Crippen molar-refractivity contribution in [2.45, 2.75) is 28.9 Å². The lowest BCUT2D eigenvalue weighted by atomic mass is 10.2. The molecule has 1 fully saturated rings. The molecule has 5 nitrogen and oxygen atoms in total. The zero-order valence-corrected chi connectivity index (χ0v) is 10.7. The fourth-order valence-corrected chi connectivity index (χ4v) is 3.52. The Morgan fingerprint density at radius 1 is 1.50 bits per heavy atom. The molecule has 88 valence electrons. The Labute approximate surface area is 102 Å². The van der Waals surface area contributed by atoms with Gasteiger partial charge < -0.3 is 10.6 Å². The molecule has 7 heteroatoms. The average molecular weight is 258 g/mol. The molecule has 1 amide bonds. The quantitative estimate of drug-likeness (QED) is 0.856. The fourth-order valence-electron chi connectivity index (χ4n) is 1.50. The van der Waals surface area contributed by atoms with Crippen molar-refractivity contribution < 1.29 is 4.79 Å². The first-order chi connectivity index (χ1) is 7.79. The molecule has 1 saturated heterocycles. The Kier molecular flexibility index (Phi) is 4.00. The van der Waals surface area contributed by atoms with E-state index in [1.807, 2.05) is 7.05 Å². The van der Waals surface area contributed by atoms with E-state index in [4.69, 9.17) is 0 Å². The van der Waals surface area contributed by atoms with E-state index < -0.39 is 0 Å². The first-order valence-corrected chi connectivity index (χ1v) is 6.95. The summed E-state index contributed by atoms with van der Waals surface area (Å²) < 4.78 is 0.853. The van der Waals surface area contributed by atoms with Gasteiger partial charge in [-0.1, -0.05) is 29.5 Å². The molecule has 1 aliphatic rings. The summed E-state index contributed by atoms with van der Waals surface area (Å²) >= 11 is 3.00. The molecule has 0 bridgehead atoms. The smallest absolute Gasteiger partial charge is 0.233 e. The van der Waals surface area contributed by atoms with Crippen LogP contribution in [0.3, 0.4) is 0 Å². The van der Waals surface area contributed by atoms with Crippen molar-refractivity contribution in [2.24, 2.45) is 0 Å². The zero-order valence-electron chi connectivity index (χ0n) is 9.02. The molecule has 16 heavy (non-hydrogen) atoms. The summed E-state index contributed by atoms with van der Waals surface area (Å²) in [7, 11) is 1.81. The van der Waals surface area contributed by atoms with Crippen LogP contribution in [0.25, 0.3) is 0 Å². The summed E-state index contributed by atoms with van der Waals surface area (Å²) in [5.41, 5.74) is 0. The highest BCUT2D eigenvalue weighted by Crippen LogP contribution is 2.31. The molecule has 0 saturated carbocycles. The van der Waals surface area contributed by atoms with Crippen LogP contribution in [0.2, 0.25) is 0 Å². The van der Waals surface area contributed by atoms with Crippen LogP contribution >= 0.6 is 23.1 Å². The molecule has 1 atom stereocenters. The van der Waals surface area contributed by atoms with Gasteiger partial charge in [0.2, 0.25) is 11.0 Å². The summed E-state index contributed by atoms with van der Waals surface area (Å²) in [4.78, 5) is 11.7. The standard InChI is InChI=1S/C9H14N4OS2/c1-10-8-12-13-9(16-8)15-6-4-2-3-5-11-7(6)14/h6H,2-5H2,1H3,(H,10,12)(H,11,14)/t6-/m1/s1. The van der Waals surface area contributed by atoms with Crippen molar-refractivity contribution >= 4 is 34.1 Å². The Balaban J connectivity index is 1.99. The van der Waals surface area contributed by atoms with Crippen LogP contribution in [0.15, 0.2) is 4.34 Å². The number of anilines is 1. The van der Waals surface area contributed by atoms with Crippen molar-refractivity contribution in [3.63, 3.8) is 0 Å². The second kappa shape index (κ2) is 5.49. The maximum atomic E-state index is 11.7. The fraction of sp³-hybridized carbons (Fsp3) is 0.667. The topological polar surface area (TPSA) is 66.9 Å². The minimum absolute atomic E-state index is 0.0137. The summed E-state index contributed by atoms with van der Waals surface area (Å²) in [5, 5.41) is 14.6. The van der Waals surface area contributed by atoms with E-state index in [0.717, 1.165) is 35.3 Å². The Hall–Kier alpha value is -0.820. The molecule has 2 rings (SSSR count). The van der Waals surface area contributed by atoms with Gasteiger partial charge >= 0.3 is 0 Å². The lowest BCUT2D eigenvalue weighted by Gasteiger charge is -2.09. The van der Waals surface area contributed by atoms with Crippen LogP contribution in [0.1, 0.15) is 19.3 Å².